The predicted molar refractivity (Wildman–Crippen MR) is 141 cm³/mol. The molecule has 234 valence electrons. The maximum absolute atomic E-state index is 13.3. The molecule has 0 saturated carbocycles. The average Bonchev–Trinajstić information content (AvgIpc) is 3.22. The van der Waals surface area contributed by atoms with Crippen LogP contribution in [0, 0.1) is 0 Å². The number of rotatable bonds is 11. The van der Waals surface area contributed by atoms with Crippen molar-refractivity contribution in [2.45, 2.75) is 44.4 Å². The molecule has 1 aromatic heterocycles. The van der Waals surface area contributed by atoms with Crippen molar-refractivity contribution in [3.63, 3.8) is 0 Å². The van der Waals surface area contributed by atoms with E-state index in [-0.39, 0.29) is 41.6 Å². The number of aliphatic hydroxyl groups excluding tert-OH is 1. The van der Waals surface area contributed by atoms with E-state index in [0.29, 0.717) is 9.25 Å². The van der Waals surface area contributed by atoms with Crippen molar-refractivity contribution in [1.29, 1.82) is 0 Å². The molecule has 0 bridgehead atoms. The summed E-state index contributed by atoms with van der Waals surface area (Å²) in [6.07, 6.45) is -14.0. The van der Waals surface area contributed by atoms with Crippen molar-refractivity contribution in [3.05, 3.63) is 75.2 Å². The number of likely N-dealkylation sites (N-methyl/N-ethyl adjacent to an activating group) is 1. The highest BCUT2D eigenvalue weighted by atomic mass is 35.5. The van der Waals surface area contributed by atoms with Crippen LogP contribution in [0.15, 0.2) is 53.3 Å². The molecule has 1 heterocycles. The molecule has 10 nitrogen and oxygen atoms in total. The van der Waals surface area contributed by atoms with Gasteiger partial charge in [0.25, 0.3) is 0 Å². The molecule has 0 saturated heterocycles. The lowest BCUT2D eigenvalue weighted by Gasteiger charge is -2.25. The van der Waals surface area contributed by atoms with Crippen molar-refractivity contribution in [1.82, 2.24) is 24.6 Å². The van der Waals surface area contributed by atoms with Gasteiger partial charge in [-0.3, -0.25) is 9.36 Å². The van der Waals surface area contributed by atoms with Gasteiger partial charge < -0.3 is 20.4 Å². The van der Waals surface area contributed by atoms with E-state index in [0.717, 1.165) is 23.1 Å². The first-order chi connectivity index (χ1) is 20.0. The van der Waals surface area contributed by atoms with E-state index >= 15 is 0 Å². The quantitative estimate of drug-likeness (QED) is 0.270. The number of carbonyl (C=O) groups is 2. The van der Waals surface area contributed by atoms with Gasteiger partial charge in [0.15, 0.2) is 11.9 Å². The SMILES string of the molecule is CCN(CC(CNC(=O)Cn1nc(-c2ccc(Cl)cc2)n(C[C@H](O)C(F)(F)F)c1=O)c1cccc(C(F)(F)F)c1)C(=O)O. The van der Waals surface area contributed by atoms with Gasteiger partial charge in [0, 0.05) is 36.1 Å². The van der Waals surface area contributed by atoms with E-state index in [2.05, 4.69) is 10.4 Å². The highest BCUT2D eigenvalue weighted by Crippen LogP contribution is 2.31. The summed E-state index contributed by atoms with van der Waals surface area (Å²) in [5, 5.41) is 25.7. The van der Waals surface area contributed by atoms with Crippen LogP contribution in [-0.4, -0.2) is 73.4 Å². The number of aliphatic hydroxyl groups is 1. The van der Waals surface area contributed by atoms with Gasteiger partial charge in [-0.05, 0) is 42.8 Å². The predicted octanol–water partition coefficient (Wildman–Crippen LogP) is 4.21. The molecule has 2 aromatic carbocycles. The van der Waals surface area contributed by atoms with Crippen molar-refractivity contribution in [3.8, 4) is 11.4 Å². The third kappa shape index (κ3) is 8.73. The fraction of sp³-hybridized carbons (Fsp3) is 0.385. The molecule has 0 aliphatic rings. The van der Waals surface area contributed by atoms with Crippen molar-refractivity contribution < 1.29 is 46.1 Å². The maximum Gasteiger partial charge on any atom is 0.416 e. The molecule has 0 aliphatic heterocycles. The summed E-state index contributed by atoms with van der Waals surface area (Å²) in [6, 6.07) is 9.68. The Kier molecular flexibility index (Phi) is 10.5. The van der Waals surface area contributed by atoms with Gasteiger partial charge in [-0.2, -0.15) is 26.3 Å². The lowest BCUT2D eigenvalue weighted by atomic mass is 9.96. The lowest BCUT2D eigenvalue weighted by molar-refractivity contribution is -0.207. The van der Waals surface area contributed by atoms with E-state index in [1.165, 1.54) is 37.3 Å². The normalized spacial score (nSPS) is 13.4. The summed E-state index contributed by atoms with van der Waals surface area (Å²) in [4.78, 5) is 38.3. The molecule has 3 aromatic rings. The van der Waals surface area contributed by atoms with Crippen LogP contribution in [0.5, 0.6) is 0 Å². The summed E-state index contributed by atoms with van der Waals surface area (Å²) in [6.45, 7) is -1.13. The molecular formula is C26H26ClF6N5O5. The van der Waals surface area contributed by atoms with Crippen molar-refractivity contribution >= 4 is 23.6 Å². The summed E-state index contributed by atoms with van der Waals surface area (Å²) < 4.78 is 80.2. The van der Waals surface area contributed by atoms with Gasteiger partial charge >= 0.3 is 24.1 Å². The van der Waals surface area contributed by atoms with E-state index < -0.39 is 60.7 Å². The Hall–Kier alpha value is -4.05. The molecular weight excluding hydrogens is 612 g/mol. The molecule has 0 spiro atoms. The fourth-order valence-electron chi connectivity index (χ4n) is 4.09. The second kappa shape index (κ2) is 13.5. The first-order valence-electron chi connectivity index (χ1n) is 12.6. The zero-order chi connectivity index (χ0) is 32.1. The van der Waals surface area contributed by atoms with Gasteiger partial charge in [0.2, 0.25) is 5.91 Å². The summed E-state index contributed by atoms with van der Waals surface area (Å²) in [7, 11) is 0. The molecule has 3 N–H and O–H groups in total. The summed E-state index contributed by atoms with van der Waals surface area (Å²) >= 11 is 5.85. The number of amides is 2. The molecule has 1 unspecified atom stereocenters. The Labute approximate surface area is 245 Å². The van der Waals surface area contributed by atoms with Gasteiger partial charge in [-0.25, -0.2) is 14.3 Å². The number of hydrogen-bond donors (Lipinski definition) is 3. The lowest BCUT2D eigenvalue weighted by Crippen LogP contribution is -2.40. The molecule has 17 heteroatoms. The van der Waals surface area contributed by atoms with E-state index in [4.69, 9.17) is 11.6 Å². The van der Waals surface area contributed by atoms with Crippen LogP contribution in [0.25, 0.3) is 11.4 Å². The zero-order valence-corrected chi connectivity index (χ0v) is 23.1. The smallest absolute Gasteiger partial charge is 0.416 e. The maximum atomic E-state index is 13.3. The molecule has 2 atom stereocenters. The second-order valence-corrected chi connectivity index (χ2v) is 9.82. The van der Waals surface area contributed by atoms with Crippen LogP contribution >= 0.6 is 11.6 Å². The highest BCUT2D eigenvalue weighted by Gasteiger charge is 2.39. The minimum atomic E-state index is -5.06. The van der Waals surface area contributed by atoms with Gasteiger partial charge in [0.1, 0.15) is 6.54 Å². The fourth-order valence-corrected chi connectivity index (χ4v) is 4.22. The van der Waals surface area contributed by atoms with E-state index in [1.807, 2.05) is 0 Å². The number of carbonyl (C=O) groups excluding carboxylic acids is 1. The van der Waals surface area contributed by atoms with Gasteiger partial charge in [0.05, 0.1) is 12.1 Å². The Balaban J connectivity index is 1.88. The largest absolute Gasteiger partial charge is 0.465 e. The topological polar surface area (TPSA) is 130 Å². The van der Waals surface area contributed by atoms with Crippen LogP contribution < -0.4 is 11.0 Å². The van der Waals surface area contributed by atoms with Crippen molar-refractivity contribution in [2.24, 2.45) is 0 Å². The third-order valence-corrected chi connectivity index (χ3v) is 6.63. The number of alkyl halides is 6. The number of carboxylic acid groups (broad SMARTS) is 1. The number of nitrogens with zero attached hydrogens (tertiary/aromatic N) is 4. The Morgan fingerprint density at radius 1 is 1.09 bits per heavy atom. The molecule has 0 aliphatic carbocycles. The second-order valence-electron chi connectivity index (χ2n) is 9.38. The van der Waals surface area contributed by atoms with E-state index in [1.54, 1.807) is 0 Å². The molecule has 3 rings (SSSR count). The monoisotopic (exact) mass is 637 g/mol. The highest BCUT2D eigenvalue weighted by molar-refractivity contribution is 6.30. The summed E-state index contributed by atoms with van der Waals surface area (Å²) in [5.74, 6) is -2.12. The zero-order valence-electron chi connectivity index (χ0n) is 22.4. The van der Waals surface area contributed by atoms with Crippen LogP contribution in [0.3, 0.4) is 0 Å². The number of nitrogens with one attached hydrogen (secondary N) is 1. The number of hydrogen-bond acceptors (Lipinski definition) is 5. The molecule has 0 radical (unpaired) electrons. The number of benzene rings is 2. The van der Waals surface area contributed by atoms with E-state index in [9.17, 15) is 50.9 Å². The Morgan fingerprint density at radius 2 is 1.74 bits per heavy atom. The first-order valence-corrected chi connectivity index (χ1v) is 13.0. The Bertz CT molecular complexity index is 1490. The van der Waals surface area contributed by atoms with Crippen LogP contribution in [0.1, 0.15) is 24.0 Å². The molecule has 2 amide bonds. The van der Waals surface area contributed by atoms with Gasteiger partial charge in [-0.1, -0.05) is 29.8 Å². The van der Waals surface area contributed by atoms with Gasteiger partial charge in [-0.15, -0.1) is 5.10 Å². The third-order valence-electron chi connectivity index (χ3n) is 6.38. The number of halogens is 7. The first kappa shape index (κ1) is 33.5. The summed E-state index contributed by atoms with van der Waals surface area (Å²) in [5.41, 5.74) is -1.89. The standard InChI is InChI=1S/C26H26ClF6N5O5/c1-2-36(24(42)43)12-17(16-4-3-5-18(10-16)25(28,29)30)11-34-21(40)14-38-23(41)37(13-20(39)26(31,32)33)22(35-38)15-6-8-19(27)9-7-15/h3-10,17,20,39H,2,11-14H2,1H3,(H,34,40)(H,42,43)/t17?,20-/m0/s1. The minimum absolute atomic E-state index is 0.00280. The Morgan fingerprint density at radius 3 is 2.30 bits per heavy atom. The van der Waals surface area contributed by atoms with Crippen molar-refractivity contribution in [2.75, 3.05) is 19.6 Å². The minimum Gasteiger partial charge on any atom is -0.465 e. The molecule has 0 fully saturated rings. The van der Waals surface area contributed by atoms with Crippen LogP contribution in [-0.2, 0) is 24.1 Å². The molecule has 43 heavy (non-hydrogen) atoms. The average molecular weight is 638 g/mol. The van der Waals surface area contributed by atoms with Crippen LogP contribution in [0.4, 0.5) is 31.1 Å². The van der Waals surface area contributed by atoms with Crippen LogP contribution in [0.2, 0.25) is 5.02 Å². The number of aromatic nitrogens is 3.